The Balaban J connectivity index is 2.52. The molecule has 0 aromatic heterocycles. The van der Waals surface area contributed by atoms with Crippen LogP contribution in [0.2, 0.25) is 5.02 Å². The van der Waals surface area contributed by atoms with Crippen molar-refractivity contribution in [2.24, 2.45) is 0 Å². The third-order valence-corrected chi connectivity index (χ3v) is 3.98. The summed E-state index contributed by atoms with van der Waals surface area (Å²) in [4.78, 5) is 0. The largest absolute Gasteiger partial charge is 0.306 e. The van der Waals surface area contributed by atoms with Gasteiger partial charge in [-0.2, -0.15) is 0 Å². The predicted octanol–water partition coefficient (Wildman–Crippen LogP) is 5.47. The summed E-state index contributed by atoms with van der Waals surface area (Å²) in [5.41, 5.74) is 0.646. The van der Waals surface area contributed by atoms with E-state index >= 15 is 0 Å². The van der Waals surface area contributed by atoms with E-state index in [0.717, 1.165) is 10.9 Å². The van der Waals surface area contributed by atoms with Gasteiger partial charge in [-0.05, 0) is 42.8 Å². The van der Waals surface area contributed by atoms with Crippen LogP contribution >= 0.6 is 27.5 Å². The van der Waals surface area contributed by atoms with E-state index in [4.69, 9.17) is 11.6 Å². The summed E-state index contributed by atoms with van der Waals surface area (Å²) in [6.45, 7) is 2.62. The van der Waals surface area contributed by atoms with Gasteiger partial charge >= 0.3 is 0 Å². The van der Waals surface area contributed by atoms with Crippen LogP contribution in [-0.2, 0) is 0 Å². The Morgan fingerprint density at radius 2 is 1.86 bits per heavy atom. The van der Waals surface area contributed by atoms with Crippen LogP contribution in [0.4, 0.5) is 8.78 Å². The van der Waals surface area contributed by atoms with Gasteiger partial charge in [0.1, 0.15) is 11.6 Å². The molecule has 1 nitrogen and oxygen atoms in total. The quantitative estimate of drug-likeness (QED) is 0.732. The third kappa shape index (κ3) is 3.82. The van der Waals surface area contributed by atoms with E-state index in [-0.39, 0.29) is 5.56 Å². The van der Waals surface area contributed by atoms with Gasteiger partial charge in [0.2, 0.25) is 0 Å². The first-order valence-corrected chi connectivity index (χ1v) is 7.84. The molecule has 0 saturated heterocycles. The number of rotatable bonds is 5. The lowest BCUT2D eigenvalue weighted by molar-refractivity contribution is 0.503. The van der Waals surface area contributed by atoms with Gasteiger partial charge in [-0.25, -0.2) is 8.78 Å². The SMILES string of the molecule is CCCNC(c1ccc(Br)cc1Cl)c1c(F)cccc1F. The van der Waals surface area contributed by atoms with Crippen LogP contribution in [0, 0.1) is 11.6 Å². The molecule has 0 fully saturated rings. The fourth-order valence-corrected chi connectivity index (χ4v) is 2.96. The second-order valence-electron chi connectivity index (χ2n) is 4.69. The summed E-state index contributed by atoms with van der Waals surface area (Å²) in [5.74, 6) is -1.16. The van der Waals surface area contributed by atoms with Crippen molar-refractivity contribution < 1.29 is 8.78 Å². The molecule has 0 radical (unpaired) electrons. The molecule has 0 bridgehead atoms. The molecule has 0 heterocycles. The van der Waals surface area contributed by atoms with E-state index < -0.39 is 17.7 Å². The lowest BCUT2D eigenvalue weighted by Crippen LogP contribution is -2.25. The van der Waals surface area contributed by atoms with Gasteiger partial charge in [0.15, 0.2) is 0 Å². The molecule has 21 heavy (non-hydrogen) atoms. The molecule has 0 aliphatic heterocycles. The summed E-state index contributed by atoms with van der Waals surface area (Å²) in [6, 6.07) is 8.54. The summed E-state index contributed by atoms with van der Waals surface area (Å²) < 4.78 is 29.0. The van der Waals surface area contributed by atoms with Crippen LogP contribution in [0.25, 0.3) is 0 Å². The summed E-state index contributed by atoms with van der Waals surface area (Å²) in [5, 5.41) is 3.62. The highest BCUT2D eigenvalue weighted by molar-refractivity contribution is 9.10. The highest BCUT2D eigenvalue weighted by atomic mass is 79.9. The number of hydrogen-bond acceptors (Lipinski definition) is 1. The Bertz CT molecular complexity index is 613. The Kier molecular flexibility index (Phi) is 5.73. The van der Waals surface area contributed by atoms with Crippen LogP contribution in [0.1, 0.15) is 30.5 Å². The van der Waals surface area contributed by atoms with Crippen molar-refractivity contribution in [3.8, 4) is 0 Å². The molecule has 0 aliphatic carbocycles. The Labute approximate surface area is 136 Å². The fraction of sp³-hybridized carbons (Fsp3) is 0.250. The van der Waals surface area contributed by atoms with Gasteiger partial charge in [0, 0.05) is 15.1 Å². The van der Waals surface area contributed by atoms with Gasteiger partial charge in [0.25, 0.3) is 0 Å². The minimum Gasteiger partial charge on any atom is -0.306 e. The standard InChI is InChI=1S/C16H15BrClF2N/c1-2-8-21-16(11-7-6-10(17)9-12(11)18)15-13(19)4-3-5-14(15)20/h3-7,9,16,21H,2,8H2,1H3. The first kappa shape index (κ1) is 16.4. The summed E-state index contributed by atoms with van der Waals surface area (Å²) in [6.07, 6.45) is 0.848. The minimum absolute atomic E-state index is 0.00447. The summed E-state index contributed by atoms with van der Waals surface area (Å²) >= 11 is 9.57. The first-order valence-electron chi connectivity index (χ1n) is 6.66. The number of nitrogens with one attached hydrogen (secondary N) is 1. The van der Waals surface area contributed by atoms with Gasteiger partial charge in [0.05, 0.1) is 6.04 Å². The number of benzene rings is 2. The molecule has 112 valence electrons. The van der Waals surface area contributed by atoms with Crippen LogP contribution in [0.5, 0.6) is 0 Å². The fourth-order valence-electron chi connectivity index (χ4n) is 2.18. The lowest BCUT2D eigenvalue weighted by Gasteiger charge is -2.22. The first-order chi connectivity index (χ1) is 10.0. The zero-order valence-corrected chi connectivity index (χ0v) is 13.8. The highest BCUT2D eigenvalue weighted by Gasteiger charge is 2.23. The average molecular weight is 375 g/mol. The third-order valence-electron chi connectivity index (χ3n) is 3.16. The van der Waals surface area contributed by atoms with Crippen LogP contribution in [-0.4, -0.2) is 6.54 Å². The van der Waals surface area contributed by atoms with E-state index in [1.807, 2.05) is 6.92 Å². The Morgan fingerprint density at radius 3 is 2.43 bits per heavy atom. The summed E-state index contributed by atoms with van der Waals surface area (Å²) in [7, 11) is 0. The van der Waals surface area contributed by atoms with Gasteiger partial charge < -0.3 is 5.32 Å². The molecule has 1 unspecified atom stereocenters. The highest BCUT2D eigenvalue weighted by Crippen LogP contribution is 2.33. The normalized spacial score (nSPS) is 12.4. The van der Waals surface area contributed by atoms with Gasteiger partial charge in [-0.1, -0.05) is 46.6 Å². The molecule has 5 heteroatoms. The van der Waals surface area contributed by atoms with Crippen LogP contribution < -0.4 is 5.32 Å². The topological polar surface area (TPSA) is 12.0 Å². The molecule has 1 N–H and O–H groups in total. The van der Waals surface area contributed by atoms with Crippen molar-refractivity contribution in [1.82, 2.24) is 5.32 Å². The molecule has 0 aliphatic rings. The number of halogens is 4. The average Bonchev–Trinajstić information content (AvgIpc) is 2.43. The minimum atomic E-state index is -0.619. The molecule has 0 saturated carbocycles. The van der Waals surface area contributed by atoms with Crippen LogP contribution in [0.3, 0.4) is 0 Å². The van der Waals surface area contributed by atoms with Gasteiger partial charge in [-0.15, -0.1) is 0 Å². The molecule has 0 amide bonds. The molecular weight excluding hydrogens is 360 g/mol. The van der Waals surface area contributed by atoms with Crippen molar-refractivity contribution in [2.45, 2.75) is 19.4 Å². The predicted molar refractivity (Wildman–Crippen MR) is 85.6 cm³/mol. The van der Waals surface area contributed by atoms with Crippen molar-refractivity contribution in [1.29, 1.82) is 0 Å². The van der Waals surface area contributed by atoms with E-state index in [0.29, 0.717) is 17.1 Å². The Hall–Kier alpha value is -0.970. The van der Waals surface area contributed by atoms with Crippen molar-refractivity contribution in [2.75, 3.05) is 6.54 Å². The molecule has 2 rings (SSSR count). The number of hydrogen-bond donors (Lipinski definition) is 1. The van der Waals surface area contributed by atoms with E-state index in [2.05, 4.69) is 21.2 Å². The van der Waals surface area contributed by atoms with E-state index in [9.17, 15) is 8.78 Å². The smallest absolute Gasteiger partial charge is 0.131 e. The molecule has 2 aromatic carbocycles. The molecule has 2 aromatic rings. The van der Waals surface area contributed by atoms with Crippen molar-refractivity contribution in [3.63, 3.8) is 0 Å². The van der Waals surface area contributed by atoms with Crippen molar-refractivity contribution >= 4 is 27.5 Å². The molecular formula is C16H15BrClF2N. The monoisotopic (exact) mass is 373 g/mol. The van der Waals surface area contributed by atoms with Gasteiger partial charge in [-0.3, -0.25) is 0 Å². The Morgan fingerprint density at radius 1 is 1.19 bits per heavy atom. The second kappa shape index (κ2) is 7.34. The van der Waals surface area contributed by atoms with E-state index in [1.54, 1.807) is 18.2 Å². The molecule has 1 atom stereocenters. The zero-order valence-electron chi connectivity index (χ0n) is 11.5. The maximum atomic E-state index is 14.1. The maximum absolute atomic E-state index is 14.1. The zero-order chi connectivity index (χ0) is 15.4. The second-order valence-corrected chi connectivity index (χ2v) is 6.01. The lowest BCUT2D eigenvalue weighted by atomic mass is 9.97. The van der Waals surface area contributed by atoms with E-state index in [1.165, 1.54) is 18.2 Å². The molecule has 0 spiro atoms. The van der Waals surface area contributed by atoms with Crippen molar-refractivity contribution in [3.05, 3.63) is 68.7 Å². The maximum Gasteiger partial charge on any atom is 0.131 e. The van der Waals surface area contributed by atoms with Crippen LogP contribution in [0.15, 0.2) is 40.9 Å².